The molecule has 1 aliphatic heterocycles. The van der Waals surface area contributed by atoms with Crippen molar-refractivity contribution >= 4 is 29.3 Å². The van der Waals surface area contributed by atoms with Gasteiger partial charge < -0.3 is 16.0 Å². The number of anilines is 1. The van der Waals surface area contributed by atoms with Gasteiger partial charge >= 0.3 is 0 Å². The molecular formula is C17H26N4OS. The first-order valence-corrected chi connectivity index (χ1v) is 8.94. The third kappa shape index (κ3) is 5.78. The van der Waals surface area contributed by atoms with Crippen molar-refractivity contribution in [1.29, 1.82) is 0 Å². The van der Waals surface area contributed by atoms with Crippen LogP contribution in [0.15, 0.2) is 29.3 Å². The van der Waals surface area contributed by atoms with Crippen molar-refractivity contribution < 1.29 is 4.79 Å². The fraction of sp³-hybridized carbons (Fsp3) is 0.529. The minimum atomic E-state index is -0.0603. The van der Waals surface area contributed by atoms with Gasteiger partial charge in [-0.3, -0.25) is 9.79 Å². The van der Waals surface area contributed by atoms with Gasteiger partial charge in [0.15, 0.2) is 5.96 Å². The van der Waals surface area contributed by atoms with Crippen molar-refractivity contribution in [3.8, 4) is 0 Å². The molecule has 0 aromatic heterocycles. The van der Waals surface area contributed by atoms with Crippen molar-refractivity contribution in [2.24, 2.45) is 4.99 Å². The zero-order valence-electron chi connectivity index (χ0n) is 14.1. The van der Waals surface area contributed by atoms with E-state index in [9.17, 15) is 4.79 Å². The Labute approximate surface area is 142 Å². The van der Waals surface area contributed by atoms with Crippen LogP contribution in [0.3, 0.4) is 0 Å². The molecule has 2 rings (SSSR count). The smallest absolute Gasteiger partial charge is 0.221 e. The molecule has 1 atom stereocenters. The second-order valence-corrected chi connectivity index (χ2v) is 7.75. The molecule has 0 bridgehead atoms. The maximum atomic E-state index is 11.1. The van der Waals surface area contributed by atoms with Gasteiger partial charge in [-0.2, -0.15) is 11.8 Å². The molecule has 1 amide bonds. The lowest BCUT2D eigenvalue weighted by atomic mass is 10.1. The highest BCUT2D eigenvalue weighted by molar-refractivity contribution is 8.00. The van der Waals surface area contributed by atoms with Crippen LogP contribution >= 0.6 is 11.8 Å². The van der Waals surface area contributed by atoms with Gasteiger partial charge in [0.2, 0.25) is 5.91 Å². The summed E-state index contributed by atoms with van der Waals surface area (Å²) in [6.45, 7) is 5.40. The Morgan fingerprint density at radius 3 is 2.87 bits per heavy atom. The van der Waals surface area contributed by atoms with Crippen LogP contribution in [0.1, 0.15) is 32.3 Å². The van der Waals surface area contributed by atoms with E-state index in [1.54, 1.807) is 7.05 Å². The normalized spacial score (nSPS) is 21.1. The fourth-order valence-corrected chi connectivity index (χ4v) is 3.86. The van der Waals surface area contributed by atoms with Crippen molar-refractivity contribution in [3.05, 3.63) is 29.8 Å². The Morgan fingerprint density at radius 2 is 2.22 bits per heavy atom. The highest BCUT2D eigenvalue weighted by atomic mass is 32.2. The number of aliphatic imine (C=N–C) groups is 1. The van der Waals surface area contributed by atoms with Crippen molar-refractivity contribution in [2.75, 3.05) is 24.7 Å². The number of benzene rings is 1. The van der Waals surface area contributed by atoms with Gasteiger partial charge in [0, 0.05) is 37.5 Å². The summed E-state index contributed by atoms with van der Waals surface area (Å²) >= 11 is 2.03. The van der Waals surface area contributed by atoms with Gasteiger partial charge in [-0.05, 0) is 43.2 Å². The van der Waals surface area contributed by atoms with Crippen molar-refractivity contribution in [2.45, 2.75) is 38.0 Å². The second kappa shape index (κ2) is 8.24. The number of hydrogen-bond donors (Lipinski definition) is 3. The van der Waals surface area contributed by atoms with Crippen LogP contribution in [0.25, 0.3) is 0 Å². The third-order valence-electron chi connectivity index (χ3n) is 3.86. The van der Waals surface area contributed by atoms with Gasteiger partial charge in [-0.15, -0.1) is 0 Å². The summed E-state index contributed by atoms with van der Waals surface area (Å²) < 4.78 is 0.308. The number of guanidine groups is 1. The van der Waals surface area contributed by atoms with E-state index in [-0.39, 0.29) is 5.91 Å². The molecule has 126 valence electrons. The lowest BCUT2D eigenvalue weighted by molar-refractivity contribution is -0.114. The van der Waals surface area contributed by atoms with Crippen LogP contribution in [0, 0.1) is 0 Å². The monoisotopic (exact) mass is 334 g/mol. The molecule has 1 heterocycles. The number of carbonyl (C=O) groups excluding carboxylic acids is 1. The predicted octanol–water partition coefficient (Wildman–Crippen LogP) is 2.60. The number of thioether (sulfide) groups is 1. The Morgan fingerprint density at radius 1 is 1.39 bits per heavy atom. The number of nitrogens with one attached hydrogen (secondary N) is 3. The Kier molecular flexibility index (Phi) is 6.33. The first-order valence-electron chi connectivity index (χ1n) is 7.96. The van der Waals surface area contributed by atoms with E-state index in [0.717, 1.165) is 23.8 Å². The topological polar surface area (TPSA) is 65.5 Å². The highest BCUT2D eigenvalue weighted by Crippen LogP contribution is 2.36. The van der Waals surface area contributed by atoms with E-state index >= 15 is 0 Å². The zero-order valence-corrected chi connectivity index (χ0v) is 14.9. The molecule has 1 saturated heterocycles. The van der Waals surface area contributed by atoms with Gasteiger partial charge in [0.1, 0.15) is 0 Å². The number of carbonyl (C=O) groups is 1. The maximum absolute atomic E-state index is 11.1. The molecule has 23 heavy (non-hydrogen) atoms. The SMILES string of the molecule is CN=C(NCc1cccc(NC(C)=O)c1)NCC1(C)CCCS1. The van der Waals surface area contributed by atoms with Crippen LogP contribution in [-0.4, -0.2) is 36.0 Å². The zero-order chi connectivity index (χ0) is 16.7. The fourth-order valence-electron chi connectivity index (χ4n) is 2.62. The standard InChI is InChI=1S/C17H26N4OS/c1-13(22)21-15-7-4-6-14(10-15)11-19-16(18-3)20-12-17(2)8-5-9-23-17/h4,6-7,10H,5,8-9,11-12H2,1-3H3,(H,21,22)(H2,18,19,20). The third-order valence-corrected chi connectivity index (χ3v) is 5.40. The van der Waals surface area contributed by atoms with E-state index in [1.807, 2.05) is 36.0 Å². The molecule has 6 heteroatoms. The Bertz CT molecular complexity index is 567. The van der Waals surface area contributed by atoms with Crippen molar-refractivity contribution in [1.82, 2.24) is 10.6 Å². The molecule has 1 aliphatic rings. The lowest BCUT2D eigenvalue weighted by Gasteiger charge is -2.24. The van der Waals surface area contributed by atoms with E-state index in [0.29, 0.717) is 11.3 Å². The first kappa shape index (κ1) is 17.7. The van der Waals surface area contributed by atoms with E-state index in [1.165, 1.54) is 25.5 Å². The molecule has 1 fully saturated rings. The summed E-state index contributed by atoms with van der Waals surface area (Å²) in [5, 5.41) is 9.54. The molecule has 0 aliphatic carbocycles. The summed E-state index contributed by atoms with van der Waals surface area (Å²) in [7, 11) is 1.78. The number of hydrogen-bond acceptors (Lipinski definition) is 3. The van der Waals surface area contributed by atoms with Crippen LogP contribution in [0.4, 0.5) is 5.69 Å². The van der Waals surface area contributed by atoms with Gasteiger partial charge in [-0.1, -0.05) is 12.1 Å². The number of nitrogens with zero attached hydrogens (tertiary/aromatic N) is 1. The number of rotatable bonds is 5. The molecule has 3 N–H and O–H groups in total. The first-order chi connectivity index (χ1) is 11.0. The summed E-state index contributed by atoms with van der Waals surface area (Å²) in [5.41, 5.74) is 1.91. The lowest BCUT2D eigenvalue weighted by Crippen LogP contribution is -2.43. The summed E-state index contributed by atoms with van der Waals surface area (Å²) in [4.78, 5) is 15.4. The summed E-state index contributed by atoms with van der Waals surface area (Å²) in [6, 6.07) is 7.82. The Balaban J connectivity index is 1.84. The van der Waals surface area contributed by atoms with Crippen molar-refractivity contribution in [3.63, 3.8) is 0 Å². The van der Waals surface area contributed by atoms with E-state index in [4.69, 9.17) is 0 Å². The average molecular weight is 334 g/mol. The molecule has 0 radical (unpaired) electrons. The summed E-state index contributed by atoms with van der Waals surface area (Å²) in [5.74, 6) is 2.00. The second-order valence-electron chi connectivity index (χ2n) is 6.06. The minimum absolute atomic E-state index is 0.0603. The quantitative estimate of drug-likeness (QED) is 0.572. The van der Waals surface area contributed by atoms with Crippen LogP contribution < -0.4 is 16.0 Å². The molecular weight excluding hydrogens is 308 g/mol. The molecule has 1 aromatic carbocycles. The minimum Gasteiger partial charge on any atom is -0.355 e. The van der Waals surface area contributed by atoms with Crippen LogP contribution in [-0.2, 0) is 11.3 Å². The predicted molar refractivity (Wildman–Crippen MR) is 99.0 cm³/mol. The van der Waals surface area contributed by atoms with Gasteiger partial charge in [0.05, 0.1) is 0 Å². The highest BCUT2D eigenvalue weighted by Gasteiger charge is 2.29. The summed E-state index contributed by atoms with van der Waals surface area (Å²) in [6.07, 6.45) is 2.55. The molecule has 5 nitrogen and oxygen atoms in total. The molecule has 0 saturated carbocycles. The van der Waals surface area contributed by atoms with Gasteiger partial charge in [-0.25, -0.2) is 0 Å². The van der Waals surface area contributed by atoms with Crippen LogP contribution in [0.2, 0.25) is 0 Å². The van der Waals surface area contributed by atoms with E-state index < -0.39 is 0 Å². The van der Waals surface area contributed by atoms with Crippen LogP contribution in [0.5, 0.6) is 0 Å². The van der Waals surface area contributed by atoms with E-state index in [2.05, 4.69) is 27.9 Å². The average Bonchev–Trinajstić information content (AvgIpc) is 2.94. The molecule has 1 unspecified atom stereocenters. The molecule has 0 spiro atoms. The number of amides is 1. The largest absolute Gasteiger partial charge is 0.355 e. The molecule has 1 aromatic rings. The maximum Gasteiger partial charge on any atom is 0.221 e. The van der Waals surface area contributed by atoms with Gasteiger partial charge in [0.25, 0.3) is 0 Å². The Hall–Kier alpha value is -1.69.